The number of nitrogens with one attached hydrogen (secondary N) is 2. The van der Waals surface area contributed by atoms with Crippen molar-refractivity contribution in [1.29, 1.82) is 5.26 Å². The van der Waals surface area contributed by atoms with Gasteiger partial charge >= 0.3 is 0 Å². The van der Waals surface area contributed by atoms with Gasteiger partial charge in [-0.1, -0.05) is 24.6 Å². The zero-order valence-corrected chi connectivity index (χ0v) is 23.2. The van der Waals surface area contributed by atoms with Crippen molar-refractivity contribution in [2.45, 2.75) is 63.3 Å². The summed E-state index contributed by atoms with van der Waals surface area (Å²) in [5.74, 6) is 1.55. The highest BCUT2D eigenvalue weighted by Gasteiger charge is 2.32. The predicted octanol–water partition coefficient (Wildman–Crippen LogP) is 5.23. The number of nitrogens with zero attached hydrogens (tertiary/aromatic N) is 5. The molecule has 212 valence electrons. The number of carbonyl (C=O) groups excluding carboxylic acids is 2. The number of allylic oxidation sites excluding steroid dienone is 1. The number of benzene rings is 1. The molecule has 1 saturated carbocycles. The normalized spacial score (nSPS) is 19.7. The number of carbonyl (C=O) groups is 2. The Morgan fingerprint density at radius 2 is 1.98 bits per heavy atom. The number of imidazole rings is 1. The summed E-state index contributed by atoms with van der Waals surface area (Å²) in [6, 6.07) is 12.4. The lowest BCUT2D eigenvalue weighted by molar-refractivity contribution is -0.121. The maximum atomic E-state index is 12.9. The van der Waals surface area contributed by atoms with Crippen LogP contribution in [0.25, 0.3) is 22.9 Å². The number of nitriles is 1. The second-order valence-electron chi connectivity index (χ2n) is 10.9. The molecular formula is C32H32N8O2. The number of nitrogens with two attached hydrogens (primary N) is 1. The van der Waals surface area contributed by atoms with E-state index in [2.05, 4.69) is 37.2 Å². The summed E-state index contributed by atoms with van der Waals surface area (Å²) < 4.78 is 2.12. The molecule has 4 aromatic rings. The van der Waals surface area contributed by atoms with Gasteiger partial charge in [-0.05, 0) is 68.9 Å². The molecule has 4 N–H and O–H groups in total. The van der Waals surface area contributed by atoms with E-state index in [-0.39, 0.29) is 23.8 Å². The Morgan fingerprint density at radius 1 is 1.12 bits per heavy atom. The number of fused-ring (bicyclic) bond motifs is 3. The molecule has 1 aliphatic carbocycles. The first-order valence-corrected chi connectivity index (χ1v) is 14.4. The Labute approximate surface area is 243 Å². The molecule has 0 radical (unpaired) electrons. The molecule has 4 heterocycles. The fourth-order valence-corrected chi connectivity index (χ4v) is 5.89. The SMILES string of the molecule is N#Cc1ccnc(NC(=O)c2ccc(-c3nc4n5c(cnc(N)c35)/C=C/CCCCCC(=O)N[C@@H]3CC[C@@H]4C3)cc2)c1. The Kier molecular flexibility index (Phi) is 7.64. The van der Waals surface area contributed by atoms with Gasteiger partial charge in [-0.25, -0.2) is 15.0 Å². The first-order chi connectivity index (χ1) is 20.5. The lowest BCUT2D eigenvalue weighted by Gasteiger charge is -2.14. The molecule has 0 unspecified atom stereocenters. The van der Waals surface area contributed by atoms with Gasteiger partial charge in [0.05, 0.1) is 23.5 Å². The third-order valence-electron chi connectivity index (χ3n) is 8.02. The molecule has 0 saturated heterocycles. The van der Waals surface area contributed by atoms with Gasteiger partial charge in [0.25, 0.3) is 5.91 Å². The van der Waals surface area contributed by atoms with Crippen LogP contribution < -0.4 is 16.4 Å². The average Bonchev–Trinajstić information content (AvgIpc) is 3.63. The molecule has 0 spiro atoms. The van der Waals surface area contributed by atoms with Crippen LogP contribution in [0.4, 0.5) is 11.6 Å². The van der Waals surface area contributed by atoms with Gasteiger partial charge in [-0.3, -0.25) is 14.0 Å². The summed E-state index contributed by atoms with van der Waals surface area (Å²) >= 11 is 0. The average molecular weight is 561 g/mol. The van der Waals surface area contributed by atoms with E-state index < -0.39 is 0 Å². The minimum absolute atomic E-state index is 0.128. The number of aromatic nitrogens is 4. The van der Waals surface area contributed by atoms with Crippen LogP contribution in [0.5, 0.6) is 0 Å². The molecule has 1 aliphatic heterocycles. The summed E-state index contributed by atoms with van der Waals surface area (Å²) in [6.45, 7) is 0. The van der Waals surface area contributed by atoms with Gasteiger partial charge in [0.2, 0.25) is 5.91 Å². The third kappa shape index (κ3) is 5.59. The van der Waals surface area contributed by atoms with Crippen LogP contribution in [0, 0.1) is 11.3 Å². The Balaban J connectivity index is 1.36. The van der Waals surface area contributed by atoms with E-state index in [0.29, 0.717) is 34.9 Å². The highest BCUT2D eigenvalue weighted by Crippen LogP contribution is 2.39. The van der Waals surface area contributed by atoms with Crippen LogP contribution in [-0.4, -0.2) is 37.2 Å². The molecule has 2 bridgehead atoms. The molecule has 42 heavy (non-hydrogen) atoms. The van der Waals surface area contributed by atoms with E-state index in [0.717, 1.165) is 67.5 Å². The fourth-order valence-electron chi connectivity index (χ4n) is 5.89. The van der Waals surface area contributed by atoms with E-state index in [1.54, 1.807) is 24.4 Å². The summed E-state index contributed by atoms with van der Waals surface area (Å²) in [5.41, 5.74) is 10.5. The quantitative estimate of drug-likeness (QED) is 0.310. The zero-order chi connectivity index (χ0) is 29.1. The van der Waals surface area contributed by atoms with Gasteiger partial charge in [0.1, 0.15) is 28.7 Å². The van der Waals surface area contributed by atoms with Crippen LogP contribution in [0.15, 0.2) is 54.9 Å². The molecule has 10 heteroatoms. The molecule has 2 aliphatic rings. The van der Waals surface area contributed by atoms with Crippen LogP contribution in [0.3, 0.4) is 0 Å². The Bertz CT molecular complexity index is 1720. The third-order valence-corrected chi connectivity index (χ3v) is 8.02. The fraction of sp³-hybridized carbons (Fsp3) is 0.312. The molecule has 3 aromatic heterocycles. The number of hydrogen-bond acceptors (Lipinski definition) is 7. The van der Waals surface area contributed by atoms with E-state index in [1.807, 2.05) is 18.2 Å². The topological polar surface area (TPSA) is 151 Å². The molecule has 10 nitrogen and oxygen atoms in total. The van der Waals surface area contributed by atoms with Gasteiger partial charge in [-0.15, -0.1) is 0 Å². The Morgan fingerprint density at radius 3 is 2.81 bits per heavy atom. The van der Waals surface area contributed by atoms with Crippen molar-refractivity contribution in [2.24, 2.45) is 0 Å². The standard InChI is InChI=1S/C32H32N8O2/c33-18-20-14-15-35-26(16-20)38-32(42)22-10-8-21(9-11-22)28-29-30(34)36-19-25-6-4-2-1-3-5-7-27(41)37-24-13-12-23(17-24)31(39-28)40(25)29/h4,6,8-11,14-16,19,23-24H,1-3,5,7,12-13,17H2,(H2,34,36)(H,37,41)(H,35,38,42)/b6-4+/t23-,24-/m1/s1. The van der Waals surface area contributed by atoms with Crippen LogP contribution in [0.2, 0.25) is 0 Å². The van der Waals surface area contributed by atoms with Crippen LogP contribution >= 0.6 is 0 Å². The van der Waals surface area contributed by atoms with E-state index in [1.165, 1.54) is 12.3 Å². The first kappa shape index (κ1) is 27.1. The van der Waals surface area contributed by atoms with E-state index in [9.17, 15) is 9.59 Å². The van der Waals surface area contributed by atoms with Crippen molar-refractivity contribution in [2.75, 3.05) is 11.1 Å². The predicted molar refractivity (Wildman–Crippen MR) is 160 cm³/mol. The number of nitrogen functional groups attached to an aromatic ring is 1. The van der Waals surface area contributed by atoms with Crippen molar-refractivity contribution < 1.29 is 9.59 Å². The maximum Gasteiger partial charge on any atom is 0.256 e. The number of anilines is 2. The van der Waals surface area contributed by atoms with Crippen molar-refractivity contribution in [1.82, 2.24) is 24.7 Å². The van der Waals surface area contributed by atoms with Gasteiger partial charge in [-0.2, -0.15) is 5.26 Å². The largest absolute Gasteiger partial charge is 0.382 e. The van der Waals surface area contributed by atoms with Gasteiger partial charge in [0.15, 0.2) is 0 Å². The van der Waals surface area contributed by atoms with Crippen molar-refractivity contribution in [3.63, 3.8) is 0 Å². The van der Waals surface area contributed by atoms with Crippen molar-refractivity contribution >= 4 is 35.0 Å². The second kappa shape index (κ2) is 11.8. The van der Waals surface area contributed by atoms with E-state index >= 15 is 0 Å². The smallest absolute Gasteiger partial charge is 0.256 e. The monoisotopic (exact) mass is 560 g/mol. The number of amides is 2. The molecule has 6 rings (SSSR count). The minimum atomic E-state index is -0.333. The van der Waals surface area contributed by atoms with Crippen molar-refractivity contribution in [3.8, 4) is 17.3 Å². The number of rotatable bonds is 3. The summed E-state index contributed by atoms with van der Waals surface area (Å²) in [5, 5.41) is 15.1. The zero-order valence-electron chi connectivity index (χ0n) is 23.2. The van der Waals surface area contributed by atoms with Gasteiger partial charge < -0.3 is 16.4 Å². The van der Waals surface area contributed by atoms with Crippen molar-refractivity contribution in [3.05, 3.63) is 77.5 Å². The Hall–Kier alpha value is -5.04. The van der Waals surface area contributed by atoms with Crippen LogP contribution in [0.1, 0.15) is 84.7 Å². The highest BCUT2D eigenvalue weighted by molar-refractivity contribution is 6.04. The second-order valence-corrected chi connectivity index (χ2v) is 10.9. The lowest BCUT2D eigenvalue weighted by Crippen LogP contribution is -2.32. The highest BCUT2D eigenvalue weighted by atomic mass is 16.2. The molecule has 1 aromatic carbocycles. The molecule has 2 atom stereocenters. The molecule has 1 fully saturated rings. The number of pyridine rings is 1. The number of hydrogen-bond donors (Lipinski definition) is 3. The maximum absolute atomic E-state index is 12.9. The lowest BCUT2D eigenvalue weighted by atomic mass is 10.1. The minimum Gasteiger partial charge on any atom is -0.382 e. The van der Waals surface area contributed by atoms with E-state index in [4.69, 9.17) is 16.0 Å². The first-order valence-electron chi connectivity index (χ1n) is 14.4. The summed E-state index contributed by atoms with van der Waals surface area (Å²) in [6.07, 6.45) is 14.6. The van der Waals surface area contributed by atoms with Gasteiger partial charge in [0, 0.05) is 35.7 Å². The molecular weight excluding hydrogens is 528 g/mol. The van der Waals surface area contributed by atoms with Crippen LogP contribution in [-0.2, 0) is 4.79 Å². The summed E-state index contributed by atoms with van der Waals surface area (Å²) in [7, 11) is 0. The summed E-state index contributed by atoms with van der Waals surface area (Å²) in [4.78, 5) is 39.2. The molecule has 2 amide bonds.